The van der Waals surface area contributed by atoms with Gasteiger partial charge in [0, 0.05) is 12.0 Å². The topological polar surface area (TPSA) is 30.2 Å². The van der Waals surface area contributed by atoms with Crippen molar-refractivity contribution in [1.29, 1.82) is 0 Å². The van der Waals surface area contributed by atoms with E-state index in [0.717, 1.165) is 6.42 Å². The number of ether oxygens (including phenoxy) is 1. The van der Waals surface area contributed by atoms with Gasteiger partial charge in [0.1, 0.15) is 4.70 Å². The predicted octanol–water partition coefficient (Wildman–Crippen LogP) is 3.42. The first kappa shape index (κ1) is 13.4. The fourth-order valence-electron chi connectivity index (χ4n) is 4.77. The lowest BCUT2D eigenvalue weighted by molar-refractivity contribution is -0.726. The number of aromatic nitrogens is 1. The first-order valence-electron chi connectivity index (χ1n) is 8.04. The molecule has 22 heavy (non-hydrogen) atoms. The van der Waals surface area contributed by atoms with Gasteiger partial charge in [-0.25, -0.2) is 0 Å². The van der Waals surface area contributed by atoms with Crippen molar-refractivity contribution < 1.29 is 14.1 Å². The molecule has 0 spiro atoms. The van der Waals surface area contributed by atoms with E-state index in [1.54, 1.807) is 0 Å². The molecule has 2 saturated carbocycles. The number of hydrogen-bond donors (Lipinski definition) is 0. The second kappa shape index (κ2) is 4.71. The fraction of sp³-hybridized carbons (Fsp3) is 0.529. The molecule has 3 aliphatic rings. The third-order valence-corrected chi connectivity index (χ3v) is 8.31. The number of hydrogen-bond acceptors (Lipinski definition) is 4. The van der Waals surface area contributed by atoms with Gasteiger partial charge in [-0.3, -0.25) is 4.79 Å². The van der Waals surface area contributed by atoms with Crippen molar-refractivity contribution in [3.05, 3.63) is 24.3 Å². The van der Waals surface area contributed by atoms with Crippen LogP contribution in [0.5, 0.6) is 0 Å². The number of thioether (sulfide) groups is 1. The minimum Gasteiger partial charge on any atom is -0.466 e. The molecule has 1 aromatic carbocycles. The predicted molar refractivity (Wildman–Crippen MR) is 87.0 cm³/mol. The maximum Gasteiger partial charge on any atom is 0.309 e. The zero-order valence-electron chi connectivity index (χ0n) is 12.4. The van der Waals surface area contributed by atoms with E-state index in [9.17, 15) is 4.79 Å². The molecule has 0 unspecified atom stereocenters. The Bertz CT molecular complexity index is 771. The zero-order valence-corrected chi connectivity index (χ0v) is 14.0. The summed E-state index contributed by atoms with van der Waals surface area (Å²) in [7, 11) is 0. The number of benzene rings is 1. The summed E-state index contributed by atoms with van der Waals surface area (Å²) in [6.07, 6.45) is 2.21. The maximum absolute atomic E-state index is 12.2. The Kier molecular flexibility index (Phi) is 2.87. The molecule has 1 aliphatic heterocycles. The van der Waals surface area contributed by atoms with Gasteiger partial charge >= 0.3 is 5.97 Å². The van der Waals surface area contributed by atoms with E-state index in [-0.39, 0.29) is 11.9 Å². The number of nitrogens with zero attached hydrogens (tertiary/aromatic N) is 1. The maximum atomic E-state index is 12.2. The largest absolute Gasteiger partial charge is 0.466 e. The van der Waals surface area contributed by atoms with Gasteiger partial charge in [0.15, 0.2) is 6.04 Å². The Balaban J connectivity index is 1.52. The van der Waals surface area contributed by atoms with Crippen molar-refractivity contribution in [2.24, 2.45) is 17.8 Å². The van der Waals surface area contributed by atoms with Crippen molar-refractivity contribution >= 4 is 39.3 Å². The van der Waals surface area contributed by atoms with Crippen molar-refractivity contribution in [1.82, 2.24) is 0 Å². The minimum absolute atomic E-state index is 0.0409. The van der Waals surface area contributed by atoms with Crippen LogP contribution in [0.1, 0.15) is 25.8 Å². The Morgan fingerprint density at radius 2 is 2.23 bits per heavy atom. The molecule has 2 fully saturated rings. The molecule has 0 N–H and O–H groups in total. The van der Waals surface area contributed by atoms with Crippen molar-refractivity contribution in [3.63, 3.8) is 0 Å². The van der Waals surface area contributed by atoms with Gasteiger partial charge < -0.3 is 4.74 Å². The van der Waals surface area contributed by atoms with Crippen molar-refractivity contribution in [2.75, 3.05) is 6.61 Å². The van der Waals surface area contributed by atoms with Gasteiger partial charge in [-0.15, -0.1) is 0 Å². The molecule has 0 radical (unpaired) electrons. The molecule has 2 bridgehead atoms. The quantitative estimate of drug-likeness (QED) is 0.623. The van der Waals surface area contributed by atoms with Gasteiger partial charge in [0.05, 0.1) is 17.8 Å². The van der Waals surface area contributed by atoms with Gasteiger partial charge in [-0.05, 0) is 43.5 Å². The van der Waals surface area contributed by atoms with E-state index < -0.39 is 0 Å². The molecule has 1 aromatic heterocycles. The number of rotatable bonds is 2. The van der Waals surface area contributed by atoms with E-state index in [1.807, 2.05) is 30.0 Å². The van der Waals surface area contributed by atoms with Crippen LogP contribution in [0.3, 0.4) is 0 Å². The standard InChI is InChI=1S/C17H18NO2S2/c1-2-20-16(19)11-8-9-7-10(11)15-14(9)18-12-5-3-4-6-13(12)21-17(18)22-15/h3-6,9-11,14-15H,2,7-8H2,1H3/q+1/t9-,10+,11-,14-,15-/m1/s1. The van der Waals surface area contributed by atoms with Crippen LogP contribution in [0, 0.1) is 17.8 Å². The number of para-hydroxylation sites is 1. The van der Waals surface area contributed by atoms with Crippen LogP contribution >= 0.6 is 23.1 Å². The number of fused-ring (bicyclic) bond motifs is 9. The highest BCUT2D eigenvalue weighted by molar-refractivity contribution is 8.01. The van der Waals surface area contributed by atoms with Crippen LogP contribution in [-0.2, 0) is 9.53 Å². The molecule has 2 heterocycles. The second-order valence-corrected chi connectivity index (χ2v) is 8.99. The van der Waals surface area contributed by atoms with E-state index in [2.05, 4.69) is 28.8 Å². The van der Waals surface area contributed by atoms with Crippen LogP contribution in [0.25, 0.3) is 10.2 Å². The average molecular weight is 332 g/mol. The summed E-state index contributed by atoms with van der Waals surface area (Å²) in [5.41, 5.74) is 1.38. The van der Waals surface area contributed by atoms with Gasteiger partial charge in [-0.2, -0.15) is 4.57 Å². The summed E-state index contributed by atoms with van der Waals surface area (Å²) in [6.45, 7) is 2.40. The highest BCUT2D eigenvalue weighted by Crippen LogP contribution is 2.61. The molecular formula is C17H18NO2S2+. The second-order valence-electron chi connectivity index (χ2n) is 6.53. The van der Waals surface area contributed by atoms with Gasteiger partial charge in [0.25, 0.3) is 4.34 Å². The highest BCUT2D eigenvalue weighted by atomic mass is 32.2. The number of esters is 1. The summed E-state index contributed by atoms with van der Waals surface area (Å²) in [5.74, 6) is 1.32. The lowest BCUT2D eigenvalue weighted by Gasteiger charge is -2.26. The molecule has 5 atom stereocenters. The molecule has 114 valence electrons. The molecule has 3 nitrogen and oxygen atoms in total. The Hall–Kier alpha value is -1.07. The number of carbonyl (C=O) groups excluding carboxylic acids is 1. The Labute approximate surface area is 137 Å². The lowest BCUT2D eigenvalue weighted by Crippen LogP contribution is -2.45. The molecule has 0 amide bonds. The molecular weight excluding hydrogens is 314 g/mol. The third-order valence-electron chi connectivity index (χ3n) is 5.53. The van der Waals surface area contributed by atoms with E-state index in [4.69, 9.17) is 4.74 Å². The SMILES string of the molecule is CCOC(=O)[C@@H]1C[C@H]2C[C@@H]1[C@H]1Sc3sc4ccccc4[n+]3[C@H]21. The first-order valence-corrected chi connectivity index (χ1v) is 9.74. The Morgan fingerprint density at radius 1 is 1.36 bits per heavy atom. The highest BCUT2D eigenvalue weighted by Gasteiger charge is 2.64. The molecule has 2 aliphatic carbocycles. The van der Waals surface area contributed by atoms with Crippen LogP contribution < -0.4 is 4.57 Å². The van der Waals surface area contributed by atoms with Gasteiger partial charge in [-0.1, -0.05) is 23.5 Å². The summed E-state index contributed by atoms with van der Waals surface area (Å²) in [6, 6.07) is 9.30. The monoisotopic (exact) mass is 332 g/mol. The molecule has 5 heteroatoms. The smallest absolute Gasteiger partial charge is 0.309 e. The van der Waals surface area contributed by atoms with Crippen LogP contribution in [0.15, 0.2) is 28.6 Å². The summed E-state index contributed by atoms with van der Waals surface area (Å²) >= 11 is 3.91. The average Bonchev–Trinajstić information content (AvgIpc) is 3.23. The molecule has 5 rings (SSSR count). The first-order chi connectivity index (χ1) is 10.8. The summed E-state index contributed by atoms with van der Waals surface area (Å²) in [5, 5.41) is 0.573. The van der Waals surface area contributed by atoms with Gasteiger partial charge in [0.2, 0.25) is 5.52 Å². The minimum atomic E-state index is 0.0409. The third kappa shape index (κ3) is 1.64. The lowest BCUT2D eigenvalue weighted by atomic mass is 9.85. The van der Waals surface area contributed by atoms with Crippen molar-refractivity contribution in [3.8, 4) is 0 Å². The van der Waals surface area contributed by atoms with Crippen LogP contribution in [0.2, 0.25) is 0 Å². The number of carbonyl (C=O) groups is 1. The normalized spacial score (nSPS) is 34.9. The Morgan fingerprint density at radius 3 is 3.09 bits per heavy atom. The van der Waals surface area contributed by atoms with Crippen molar-refractivity contribution in [2.45, 2.75) is 35.4 Å². The van der Waals surface area contributed by atoms with Crippen LogP contribution in [-0.4, -0.2) is 17.8 Å². The van der Waals surface area contributed by atoms with E-state index >= 15 is 0 Å². The summed E-state index contributed by atoms with van der Waals surface area (Å²) in [4.78, 5) is 12.2. The summed E-state index contributed by atoms with van der Waals surface area (Å²) < 4.78 is 10.7. The van der Waals surface area contributed by atoms with E-state index in [0.29, 0.717) is 29.7 Å². The molecule has 2 aromatic rings. The van der Waals surface area contributed by atoms with Crippen LogP contribution in [0.4, 0.5) is 0 Å². The molecule has 0 saturated heterocycles. The van der Waals surface area contributed by atoms with E-state index in [1.165, 1.54) is 21.0 Å². The zero-order chi connectivity index (χ0) is 14.8. The fourth-order valence-corrected chi connectivity index (χ4v) is 8.02. The number of thiazole rings is 1.